The molecule has 2 aromatic rings. The zero-order valence-corrected chi connectivity index (χ0v) is 16.0. The Morgan fingerprint density at radius 1 is 1.03 bits per heavy atom. The van der Waals surface area contributed by atoms with Crippen LogP contribution >= 0.6 is 0 Å². The Kier molecular flexibility index (Phi) is 4.16. The summed E-state index contributed by atoms with van der Waals surface area (Å²) < 4.78 is 14.0. The molecule has 7 nitrogen and oxygen atoms in total. The standard InChI is InChI=1S/C22H18FN3O4/c23-17-3-1-2-13-9-25(11-16(13)17)21(29)12-4-5-15-14(8-12)10-26(22(15)30)18-6-7-19(27)24-20(18)28/h1-5,8,18H,6-7,9-11H2,(H,24,27,28). The number of benzene rings is 2. The van der Waals surface area contributed by atoms with Gasteiger partial charge in [-0.05, 0) is 41.8 Å². The zero-order chi connectivity index (χ0) is 21.0. The predicted molar refractivity (Wildman–Crippen MR) is 102 cm³/mol. The quantitative estimate of drug-likeness (QED) is 0.769. The Labute approximate surface area is 171 Å². The van der Waals surface area contributed by atoms with Crippen molar-refractivity contribution in [3.05, 3.63) is 70.0 Å². The van der Waals surface area contributed by atoms with Crippen molar-refractivity contribution < 1.29 is 23.6 Å². The van der Waals surface area contributed by atoms with Crippen molar-refractivity contribution in [1.82, 2.24) is 15.1 Å². The zero-order valence-electron chi connectivity index (χ0n) is 16.0. The van der Waals surface area contributed by atoms with E-state index in [9.17, 15) is 23.6 Å². The van der Waals surface area contributed by atoms with E-state index in [1.54, 1.807) is 29.2 Å². The van der Waals surface area contributed by atoms with E-state index in [0.717, 1.165) is 5.56 Å². The van der Waals surface area contributed by atoms with Crippen molar-refractivity contribution in [3.63, 3.8) is 0 Å². The molecule has 8 heteroatoms. The van der Waals surface area contributed by atoms with Crippen molar-refractivity contribution in [1.29, 1.82) is 0 Å². The second-order valence-electron chi connectivity index (χ2n) is 7.81. The molecule has 152 valence electrons. The van der Waals surface area contributed by atoms with Gasteiger partial charge >= 0.3 is 0 Å². The highest BCUT2D eigenvalue weighted by molar-refractivity contribution is 6.06. The molecular weight excluding hydrogens is 389 g/mol. The van der Waals surface area contributed by atoms with Crippen LogP contribution in [-0.2, 0) is 29.2 Å². The van der Waals surface area contributed by atoms with Gasteiger partial charge in [0.1, 0.15) is 11.9 Å². The average molecular weight is 407 g/mol. The van der Waals surface area contributed by atoms with E-state index in [2.05, 4.69) is 5.32 Å². The summed E-state index contributed by atoms with van der Waals surface area (Å²) >= 11 is 0. The molecule has 4 amide bonds. The number of imide groups is 1. The molecule has 0 aliphatic carbocycles. The van der Waals surface area contributed by atoms with E-state index in [-0.39, 0.29) is 49.5 Å². The van der Waals surface area contributed by atoms with Gasteiger partial charge in [0.25, 0.3) is 11.8 Å². The molecule has 5 rings (SSSR count). The van der Waals surface area contributed by atoms with Crippen molar-refractivity contribution in [2.45, 2.75) is 38.5 Å². The molecule has 1 saturated heterocycles. The SMILES string of the molecule is O=C1CCC(N2Cc3cc(C(=O)N4Cc5cccc(F)c5C4)ccc3C2=O)C(=O)N1. The third-order valence-electron chi connectivity index (χ3n) is 5.98. The molecule has 0 bridgehead atoms. The maximum Gasteiger partial charge on any atom is 0.255 e. The monoisotopic (exact) mass is 407 g/mol. The molecule has 1 atom stereocenters. The molecule has 3 heterocycles. The van der Waals surface area contributed by atoms with Gasteiger partial charge in [-0.3, -0.25) is 24.5 Å². The molecule has 0 spiro atoms. The van der Waals surface area contributed by atoms with Crippen LogP contribution in [0.4, 0.5) is 4.39 Å². The summed E-state index contributed by atoms with van der Waals surface area (Å²) in [7, 11) is 0. The lowest BCUT2D eigenvalue weighted by Crippen LogP contribution is -2.52. The molecule has 3 aliphatic heterocycles. The third kappa shape index (κ3) is 2.87. The van der Waals surface area contributed by atoms with E-state index in [1.165, 1.54) is 11.0 Å². The van der Waals surface area contributed by atoms with E-state index in [1.807, 2.05) is 6.07 Å². The highest BCUT2D eigenvalue weighted by Gasteiger charge is 2.39. The van der Waals surface area contributed by atoms with Crippen LogP contribution < -0.4 is 5.32 Å². The minimum atomic E-state index is -0.696. The van der Waals surface area contributed by atoms with E-state index in [0.29, 0.717) is 28.8 Å². The van der Waals surface area contributed by atoms with Crippen LogP contribution in [0.2, 0.25) is 0 Å². The first-order valence-electron chi connectivity index (χ1n) is 9.75. The number of piperidine rings is 1. The van der Waals surface area contributed by atoms with Crippen LogP contribution in [-0.4, -0.2) is 39.5 Å². The molecule has 0 saturated carbocycles. The molecular formula is C22H18FN3O4. The molecule has 1 N–H and O–H groups in total. The van der Waals surface area contributed by atoms with Gasteiger partial charge in [-0.25, -0.2) is 4.39 Å². The molecule has 3 aliphatic rings. The number of carbonyl (C=O) groups excluding carboxylic acids is 4. The van der Waals surface area contributed by atoms with Crippen LogP contribution in [0.3, 0.4) is 0 Å². The van der Waals surface area contributed by atoms with Gasteiger partial charge in [0.2, 0.25) is 11.8 Å². The normalized spacial score (nSPS) is 20.3. The fourth-order valence-corrected chi connectivity index (χ4v) is 4.41. The fraction of sp³-hybridized carbons (Fsp3) is 0.273. The molecule has 1 fully saturated rings. The first-order chi connectivity index (χ1) is 14.4. The maximum atomic E-state index is 14.0. The molecule has 0 aromatic heterocycles. The lowest BCUT2D eigenvalue weighted by molar-refractivity contribution is -0.136. The van der Waals surface area contributed by atoms with Crippen molar-refractivity contribution in [2.75, 3.05) is 0 Å². The van der Waals surface area contributed by atoms with E-state index >= 15 is 0 Å². The predicted octanol–water partition coefficient (Wildman–Crippen LogP) is 1.74. The van der Waals surface area contributed by atoms with Crippen molar-refractivity contribution >= 4 is 23.6 Å². The summed E-state index contributed by atoms with van der Waals surface area (Å²) in [5.74, 6) is -1.64. The minimum absolute atomic E-state index is 0.187. The number of rotatable bonds is 2. The van der Waals surface area contributed by atoms with Gasteiger partial charge in [-0.1, -0.05) is 12.1 Å². The summed E-state index contributed by atoms with van der Waals surface area (Å²) in [4.78, 5) is 52.3. The number of nitrogens with zero attached hydrogens (tertiary/aromatic N) is 2. The van der Waals surface area contributed by atoms with Gasteiger partial charge < -0.3 is 9.80 Å². The minimum Gasteiger partial charge on any atom is -0.330 e. The van der Waals surface area contributed by atoms with Crippen molar-refractivity contribution in [3.8, 4) is 0 Å². The largest absolute Gasteiger partial charge is 0.330 e. The highest BCUT2D eigenvalue weighted by Crippen LogP contribution is 2.30. The van der Waals surface area contributed by atoms with Crippen LogP contribution in [0.15, 0.2) is 36.4 Å². The summed E-state index contributed by atoms with van der Waals surface area (Å²) in [6, 6.07) is 8.99. The van der Waals surface area contributed by atoms with Crippen LogP contribution in [0, 0.1) is 5.82 Å². The molecule has 1 unspecified atom stereocenters. The summed E-state index contributed by atoms with van der Waals surface area (Å²) in [6.07, 6.45) is 0.472. The lowest BCUT2D eigenvalue weighted by Gasteiger charge is -2.29. The van der Waals surface area contributed by atoms with Gasteiger partial charge in [-0.15, -0.1) is 0 Å². The number of carbonyl (C=O) groups is 4. The summed E-state index contributed by atoms with van der Waals surface area (Å²) in [5, 5.41) is 2.27. The number of hydrogen-bond acceptors (Lipinski definition) is 4. The Balaban J connectivity index is 1.36. The number of fused-ring (bicyclic) bond motifs is 2. The summed E-state index contributed by atoms with van der Waals surface area (Å²) in [6.45, 7) is 0.750. The average Bonchev–Trinajstić information content (AvgIpc) is 3.30. The number of nitrogens with one attached hydrogen (secondary N) is 1. The third-order valence-corrected chi connectivity index (χ3v) is 5.98. The topological polar surface area (TPSA) is 86.8 Å². The second-order valence-corrected chi connectivity index (χ2v) is 7.81. The van der Waals surface area contributed by atoms with Gasteiger partial charge in [0.05, 0.1) is 0 Å². The Bertz CT molecular complexity index is 1130. The summed E-state index contributed by atoms with van der Waals surface area (Å²) in [5.41, 5.74) is 2.86. The molecule has 30 heavy (non-hydrogen) atoms. The van der Waals surface area contributed by atoms with Gasteiger partial charge in [0, 0.05) is 42.7 Å². The Hall–Kier alpha value is -3.55. The molecule has 0 radical (unpaired) electrons. The van der Waals surface area contributed by atoms with Crippen LogP contribution in [0.25, 0.3) is 0 Å². The second kappa shape index (κ2) is 6.76. The van der Waals surface area contributed by atoms with E-state index < -0.39 is 11.9 Å². The van der Waals surface area contributed by atoms with Gasteiger partial charge in [0.15, 0.2) is 0 Å². The number of amides is 4. The fourth-order valence-electron chi connectivity index (χ4n) is 4.41. The Morgan fingerprint density at radius 2 is 1.87 bits per heavy atom. The highest BCUT2D eigenvalue weighted by atomic mass is 19.1. The number of halogens is 1. The maximum absolute atomic E-state index is 14.0. The molecule has 2 aromatic carbocycles. The first-order valence-corrected chi connectivity index (χ1v) is 9.75. The lowest BCUT2D eigenvalue weighted by atomic mass is 10.0. The van der Waals surface area contributed by atoms with Crippen molar-refractivity contribution in [2.24, 2.45) is 0 Å². The van der Waals surface area contributed by atoms with E-state index in [4.69, 9.17) is 0 Å². The van der Waals surface area contributed by atoms with Crippen LogP contribution in [0.1, 0.15) is 50.2 Å². The van der Waals surface area contributed by atoms with Crippen LogP contribution in [0.5, 0.6) is 0 Å². The smallest absolute Gasteiger partial charge is 0.255 e. The first kappa shape index (κ1) is 18.5. The van der Waals surface area contributed by atoms with Gasteiger partial charge in [-0.2, -0.15) is 0 Å². The Morgan fingerprint density at radius 3 is 2.63 bits per heavy atom. The number of hydrogen-bond donors (Lipinski definition) is 1.